The minimum Gasteiger partial charge on any atom is -0.495 e. The van der Waals surface area contributed by atoms with Gasteiger partial charge in [0.1, 0.15) is 16.7 Å². The summed E-state index contributed by atoms with van der Waals surface area (Å²) in [7, 11) is 1.65. The van der Waals surface area contributed by atoms with Gasteiger partial charge in [0.15, 0.2) is 5.78 Å². The molecule has 3 rings (SSSR count). The van der Waals surface area contributed by atoms with E-state index in [1.54, 1.807) is 13.3 Å². The number of carbonyl (C=O) groups excluding carboxylic acids is 1. The molecule has 1 aromatic heterocycles. The van der Waals surface area contributed by atoms with Crippen LogP contribution in [0.4, 0.5) is 0 Å². The number of nitrogens with one attached hydrogen (secondary N) is 1. The number of benzene rings is 1. The molecule has 0 spiro atoms. The number of nitrogens with zero attached hydrogens (tertiary/aromatic N) is 1. The van der Waals surface area contributed by atoms with Gasteiger partial charge in [0.05, 0.1) is 24.2 Å². The first-order chi connectivity index (χ1) is 11.0. The third-order valence-electron chi connectivity index (χ3n) is 3.21. The predicted molar refractivity (Wildman–Crippen MR) is 112 cm³/mol. The molecular formula is C15H10I2N2O2S2. The number of thiazole rings is 1. The highest BCUT2D eigenvalue weighted by Gasteiger charge is 2.38. The van der Waals surface area contributed by atoms with E-state index in [1.807, 2.05) is 23.6 Å². The number of ketones is 1. The summed E-state index contributed by atoms with van der Waals surface area (Å²) in [6.45, 7) is 0. The number of rotatable bonds is 3. The average Bonchev–Trinajstić information content (AvgIpc) is 3.08. The van der Waals surface area contributed by atoms with Crippen LogP contribution in [0.25, 0.3) is 6.08 Å². The van der Waals surface area contributed by atoms with E-state index in [0.29, 0.717) is 15.0 Å². The molecule has 1 fully saturated rings. The van der Waals surface area contributed by atoms with Gasteiger partial charge in [-0.1, -0.05) is 11.8 Å². The number of halogens is 2. The Hall–Kier alpha value is -0.460. The maximum absolute atomic E-state index is 12.6. The van der Waals surface area contributed by atoms with Crippen LogP contribution in [0.2, 0.25) is 0 Å². The first kappa shape index (κ1) is 17.4. The molecule has 0 saturated carbocycles. The molecule has 4 nitrogen and oxygen atoms in total. The largest absolute Gasteiger partial charge is 0.495 e. The third kappa shape index (κ3) is 3.49. The van der Waals surface area contributed by atoms with Gasteiger partial charge >= 0.3 is 0 Å². The van der Waals surface area contributed by atoms with Crippen molar-refractivity contribution in [1.82, 2.24) is 4.98 Å². The molecule has 0 aliphatic carbocycles. The lowest BCUT2D eigenvalue weighted by atomic mass is 10.1. The molecule has 0 bridgehead atoms. The Labute approximate surface area is 168 Å². The summed E-state index contributed by atoms with van der Waals surface area (Å²) in [6.07, 6.45) is 3.51. The van der Waals surface area contributed by atoms with Crippen molar-refractivity contribution in [2.75, 3.05) is 7.11 Å². The number of ether oxygens (including phenoxy) is 1. The van der Waals surface area contributed by atoms with Crippen LogP contribution >= 0.6 is 68.3 Å². The second-order valence-corrected chi connectivity index (χ2v) is 8.99. The number of hydrogen-bond acceptors (Lipinski definition) is 6. The van der Waals surface area contributed by atoms with Crippen molar-refractivity contribution >= 4 is 85.2 Å². The minimum absolute atomic E-state index is 0.0456. The number of Topliss-reactive ketones (excluding diaryl/α,β-unsaturated/α-hetero) is 1. The number of thioether (sulfide) groups is 1. The Morgan fingerprint density at radius 3 is 2.61 bits per heavy atom. The Balaban J connectivity index is 1.95. The van der Waals surface area contributed by atoms with Crippen LogP contribution in [0, 0.1) is 12.5 Å². The Bertz CT molecular complexity index is 796. The number of aromatic nitrogens is 1. The Kier molecular flexibility index (Phi) is 5.43. The van der Waals surface area contributed by atoms with Gasteiger partial charge in [-0.3, -0.25) is 10.2 Å². The fourth-order valence-corrected chi connectivity index (χ4v) is 6.26. The molecule has 1 aliphatic rings. The van der Waals surface area contributed by atoms with Gasteiger partial charge in [-0.25, -0.2) is 4.98 Å². The lowest BCUT2D eigenvalue weighted by Crippen LogP contribution is -2.11. The van der Waals surface area contributed by atoms with Gasteiger partial charge in [0.2, 0.25) is 0 Å². The summed E-state index contributed by atoms with van der Waals surface area (Å²) in [5.74, 6) is 0.255. The van der Waals surface area contributed by atoms with E-state index in [-0.39, 0.29) is 5.78 Å². The molecule has 2 heterocycles. The van der Waals surface area contributed by atoms with E-state index >= 15 is 0 Å². The second-order valence-electron chi connectivity index (χ2n) is 4.66. The van der Waals surface area contributed by atoms with Crippen LogP contribution in [0.5, 0.6) is 5.75 Å². The summed E-state index contributed by atoms with van der Waals surface area (Å²) < 4.78 is 7.34. The number of methoxy groups -OCH3 is 1. The lowest BCUT2D eigenvalue weighted by Gasteiger charge is -2.07. The molecular weight excluding hydrogens is 558 g/mol. The Morgan fingerprint density at radius 1 is 1.35 bits per heavy atom. The smallest absolute Gasteiger partial charge is 0.186 e. The SMILES string of the molecule is COc1c(I)cc(/C=C2\SC(=N)[C@H](c3nccs3)C2=O)cc1I. The highest BCUT2D eigenvalue weighted by Crippen LogP contribution is 2.41. The van der Waals surface area contributed by atoms with Gasteiger partial charge in [0.25, 0.3) is 0 Å². The zero-order valence-electron chi connectivity index (χ0n) is 11.8. The van der Waals surface area contributed by atoms with Crippen molar-refractivity contribution in [3.8, 4) is 5.75 Å². The standard InChI is InChI=1S/C15H10I2N2O2S2/c1-21-13-8(16)4-7(5-9(13)17)6-10-12(20)11(14(18)23-10)15-19-2-3-22-15/h2-6,11,18H,1H3/b10-6-,18-14?/t11-/m1/s1. The minimum atomic E-state index is -0.539. The van der Waals surface area contributed by atoms with Crippen LogP contribution in [0.3, 0.4) is 0 Å². The summed E-state index contributed by atoms with van der Waals surface area (Å²) in [6, 6.07) is 3.95. The van der Waals surface area contributed by atoms with E-state index in [9.17, 15) is 4.79 Å². The lowest BCUT2D eigenvalue weighted by molar-refractivity contribution is -0.114. The van der Waals surface area contributed by atoms with Crippen LogP contribution in [-0.4, -0.2) is 22.9 Å². The molecule has 1 aliphatic heterocycles. The zero-order chi connectivity index (χ0) is 16.6. The van der Waals surface area contributed by atoms with E-state index in [1.165, 1.54) is 23.1 Å². The molecule has 1 atom stereocenters. The Morgan fingerprint density at radius 2 is 2.04 bits per heavy atom. The van der Waals surface area contributed by atoms with Gasteiger partial charge in [0, 0.05) is 11.6 Å². The summed E-state index contributed by atoms with van der Waals surface area (Å²) in [5, 5.41) is 11.0. The van der Waals surface area contributed by atoms with Crippen LogP contribution in [0.1, 0.15) is 16.5 Å². The monoisotopic (exact) mass is 568 g/mol. The number of allylic oxidation sites excluding steroid dienone is 1. The normalized spacial score (nSPS) is 19.6. The zero-order valence-corrected chi connectivity index (χ0v) is 17.7. The van der Waals surface area contributed by atoms with Crippen LogP contribution in [0.15, 0.2) is 28.6 Å². The molecule has 0 unspecified atom stereocenters. The molecule has 8 heteroatoms. The fraction of sp³-hybridized carbons (Fsp3) is 0.133. The van der Waals surface area contributed by atoms with E-state index < -0.39 is 5.92 Å². The molecule has 23 heavy (non-hydrogen) atoms. The van der Waals surface area contributed by atoms with Crippen molar-refractivity contribution in [2.45, 2.75) is 5.92 Å². The molecule has 1 aromatic carbocycles. The van der Waals surface area contributed by atoms with Crippen LogP contribution in [-0.2, 0) is 4.79 Å². The number of hydrogen-bond donors (Lipinski definition) is 1. The second kappa shape index (κ2) is 7.19. The quantitative estimate of drug-likeness (QED) is 0.428. The van der Waals surface area contributed by atoms with Crippen molar-refractivity contribution in [3.63, 3.8) is 0 Å². The molecule has 2 aromatic rings. The maximum atomic E-state index is 12.6. The first-order valence-electron chi connectivity index (χ1n) is 6.46. The molecule has 0 amide bonds. The van der Waals surface area contributed by atoms with Gasteiger partial charge in [-0.15, -0.1) is 11.3 Å². The van der Waals surface area contributed by atoms with E-state index in [4.69, 9.17) is 10.1 Å². The predicted octanol–water partition coefficient (Wildman–Crippen LogP) is 4.78. The highest BCUT2D eigenvalue weighted by molar-refractivity contribution is 14.1. The highest BCUT2D eigenvalue weighted by atomic mass is 127. The van der Waals surface area contributed by atoms with Crippen molar-refractivity contribution in [3.05, 3.63) is 46.3 Å². The summed E-state index contributed by atoms with van der Waals surface area (Å²) >= 11 is 7.07. The third-order valence-corrected chi connectivity index (χ3v) is 6.65. The molecule has 1 saturated heterocycles. The van der Waals surface area contributed by atoms with E-state index in [2.05, 4.69) is 50.2 Å². The van der Waals surface area contributed by atoms with E-state index in [0.717, 1.165) is 18.5 Å². The number of carbonyl (C=O) groups is 1. The average molecular weight is 568 g/mol. The summed E-state index contributed by atoms with van der Waals surface area (Å²) in [4.78, 5) is 17.4. The van der Waals surface area contributed by atoms with Crippen molar-refractivity contribution in [2.24, 2.45) is 0 Å². The topological polar surface area (TPSA) is 63.0 Å². The molecule has 0 radical (unpaired) electrons. The maximum Gasteiger partial charge on any atom is 0.186 e. The first-order valence-corrected chi connectivity index (χ1v) is 10.3. The van der Waals surface area contributed by atoms with Gasteiger partial charge < -0.3 is 4.74 Å². The fourth-order valence-electron chi connectivity index (χ4n) is 2.20. The van der Waals surface area contributed by atoms with Crippen LogP contribution < -0.4 is 4.74 Å². The van der Waals surface area contributed by atoms with Crippen molar-refractivity contribution < 1.29 is 9.53 Å². The van der Waals surface area contributed by atoms with Gasteiger partial charge in [-0.05, 0) is 69.0 Å². The van der Waals surface area contributed by atoms with Crippen molar-refractivity contribution in [1.29, 1.82) is 5.41 Å². The van der Waals surface area contributed by atoms with Gasteiger partial charge in [-0.2, -0.15) is 0 Å². The molecule has 118 valence electrons. The summed E-state index contributed by atoms with van der Waals surface area (Å²) in [5.41, 5.74) is 0.933. The molecule has 1 N–H and O–H groups in total.